The maximum atomic E-state index is 11.6. The van der Waals surface area contributed by atoms with Crippen LogP contribution in [0.15, 0.2) is 12.1 Å². The fourth-order valence-electron chi connectivity index (χ4n) is 2.07. The van der Waals surface area contributed by atoms with E-state index in [1.54, 1.807) is 26.8 Å². The quantitative estimate of drug-likeness (QED) is 0.717. The Hall–Kier alpha value is -1.44. The highest BCUT2D eigenvalue weighted by Gasteiger charge is 2.38. The lowest BCUT2D eigenvalue weighted by atomic mass is 9.79. The van der Waals surface area contributed by atoms with Gasteiger partial charge in [-0.15, -0.1) is 0 Å². The molecule has 6 nitrogen and oxygen atoms in total. The van der Waals surface area contributed by atoms with Crippen LogP contribution >= 0.6 is 11.6 Å². The first-order valence-corrected chi connectivity index (χ1v) is 6.88. The van der Waals surface area contributed by atoms with Gasteiger partial charge in [-0.05, 0) is 32.4 Å². The van der Waals surface area contributed by atoms with Crippen molar-refractivity contribution in [3.8, 4) is 5.75 Å². The van der Waals surface area contributed by atoms with Crippen molar-refractivity contribution < 1.29 is 24.3 Å². The summed E-state index contributed by atoms with van der Waals surface area (Å²) in [6, 6.07) is 3.03. The molecule has 1 heterocycles. The SMILES string of the molecule is CC(C)(C)OC(=O)NCC1OB(O)c2c1ccc(O)c2Cl. The van der Waals surface area contributed by atoms with E-state index < -0.39 is 24.9 Å². The number of halogens is 1. The third-order valence-electron chi connectivity index (χ3n) is 2.91. The summed E-state index contributed by atoms with van der Waals surface area (Å²) in [6.45, 7) is 5.42. The average Bonchev–Trinajstić information content (AvgIpc) is 2.66. The van der Waals surface area contributed by atoms with Crippen LogP contribution in [0.3, 0.4) is 0 Å². The Morgan fingerprint density at radius 2 is 2.19 bits per heavy atom. The largest absolute Gasteiger partial charge is 0.506 e. The van der Waals surface area contributed by atoms with Crippen LogP contribution < -0.4 is 10.8 Å². The molecule has 1 aliphatic heterocycles. The highest BCUT2D eigenvalue weighted by Crippen LogP contribution is 2.31. The number of phenolic OH excluding ortho intramolecular Hbond substituents is 1. The van der Waals surface area contributed by atoms with E-state index in [1.165, 1.54) is 6.07 Å². The maximum Gasteiger partial charge on any atom is 0.493 e. The Morgan fingerprint density at radius 1 is 1.52 bits per heavy atom. The minimum atomic E-state index is -1.23. The molecule has 0 radical (unpaired) electrons. The predicted molar refractivity (Wildman–Crippen MR) is 78.8 cm³/mol. The van der Waals surface area contributed by atoms with Gasteiger partial charge in [-0.2, -0.15) is 0 Å². The van der Waals surface area contributed by atoms with Crippen molar-refractivity contribution in [3.05, 3.63) is 22.7 Å². The van der Waals surface area contributed by atoms with Crippen molar-refractivity contribution in [2.75, 3.05) is 6.54 Å². The van der Waals surface area contributed by atoms with Crippen molar-refractivity contribution in [1.29, 1.82) is 0 Å². The number of benzene rings is 1. The van der Waals surface area contributed by atoms with Gasteiger partial charge in [0.1, 0.15) is 11.4 Å². The van der Waals surface area contributed by atoms with Crippen LogP contribution in [0.4, 0.5) is 4.79 Å². The molecule has 0 spiro atoms. The first kappa shape index (κ1) is 15.9. The molecule has 0 saturated carbocycles. The van der Waals surface area contributed by atoms with Crippen LogP contribution in [0, 0.1) is 0 Å². The lowest BCUT2D eigenvalue weighted by molar-refractivity contribution is 0.0498. The topological polar surface area (TPSA) is 88.0 Å². The van der Waals surface area contributed by atoms with E-state index in [2.05, 4.69) is 5.32 Å². The van der Waals surface area contributed by atoms with E-state index in [0.717, 1.165) is 0 Å². The Morgan fingerprint density at radius 3 is 2.81 bits per heavy atom. The number of carbonyl (C=O) groups excluding carboxylic acids is 1. The molecule has 1 aromatic rings. The number of amides is 1. The lowest BCUT2D eigenvalue weighted by Crippen LogP contribution is -2.35. The van der Waals surface area contributed by atoms with Crippen LogP contribution in [0.25, 0.3) is 0 Å². The van der Waals surface area contributed by atoms with E-state index in [9.17, 15) is 14.9 Å². The van der Waals surface area contributed by atoms with Gasteiger partial charge in [0, 0.05) is 12.0 Å². The fraction of sp³-hybridized carbons (Fsp3) is 0.462. The van der Waals surface area contributed by atoms with Crippen molar-refractivity contribution in [2.45, 2.75) is 32.5 Å². The van der Waals surface area contributed by atoms with E-state index in [4.69, 9.17) is 21.0 Å². The number of hydrogen-bond acceptors (Lipinski definition) is 5. The molecule has 3 N–H and O–H groups in total. The molecule has 1 aromatic carbocycles. The number of hydrogen-bond donors (Lipinski definition) is 3. The van der Waals surface area contributed by atoms with E-state index in [0.29, 0.717) is 11.0 Å². The molecular weight excluding hydrogens is 296 g/mol. The van der Waals surface area contributed by atoms with Gasteiger partial charge in [0.15, 0.2) is 0 Å². The zero-order chi connectivity index (χ0) is 15.8. The van der Waals surface area contributed by atoms with Crippen LogP contribution in [0.2, 0.25) is 5.02 Å². The molecule has 2 rings (SSSR count). The summed E-state index contributed by atoms with van der Waals surface area (Å²) in [5.74, 6) is -0.126. The highest BCUT2D eigenvalue weighted by atomic mass is 35.5. The number of alkyl carbamates (subject to hydrolysis) is 1. The van der Waals surface area contributed by atoms with Gasteiger partial charge in [-0.25, -0.2) is 4.79 Å². The highest BCUT2D eigenvalue weighted by molar-refractivity contribution is 6.65. The summed E-state index contributed by atoms with van der Waals surface area (Å²) in [5.41, 5.74) is 0.363. The van der Waals surface area contributed by atoms with Crippen LogP contribution in [-0.2, 0) is 9.39 Å². The van der Waals surface area contributed by atoms with Gasteiger partial charge in [0.2, 0.25) is 0 Å². The fourth-order valence-corrected chi connectivity index (χ4v) is 2.34. The minimum absolute atomic E-state index is 0.0553. The summed E-state index contributed by atoms with van der Waals surface area (Å²) >= 11 is 5.95. The van der Waals surface area contributed by atoms with Gasteiger partial charge in [0.05, 0.1) is 11.1 Å². The number of carbonyl (C=O) groups is 1. The minimum Gasteiger partial charge on any atom is -0.506 e. The molecule has 8 heteroatoms. The van der Waals surface area contributed by atoms with Crippen LogP contribution in [0.5, 0.6) is 5.75 Å². The number of nitrogens with one attached hydrogen (secondary N) is 1. The normalized spacial score (nSPS) is 17.6. The molecule has 1 amide bonds. The molecule has 1 unspecified atom stereocenters. The summed E-state index contributed by atoms with van der Waals surface area (Å²) in [7, 11) is -1.23. The summed E-state index contributed by atoms with van der Waals surface area (Å²) in [5, 5.41) is 22.0. The number of fused-ring (bicyclic) bond motifs is 1. The van der Waals surface area contributed by atoms with Crippen molar-refractivity contribution in [1.82, 2.24) is 5.32 Å². The van der Waals surface area contributed by atoms with Crippen LogP contribution in [-0.4, -0.2) is 35.5 Å². The van der Waals surface area contributed by atoms with E-state index in [-0.39, 0.29) is 17.3 Å². The molecular formula is C13H17BClNO5. The number of ether oxygens (including phenoxy) is 1. The Labute approximate surface area is 128 Å². The van der Waals surface area contributed by atoms with Crippen LogP contribution in [0.1, 0.15) is 32.4 Å². The molecule has 0 fully saturated rings. The average molecular weight is 314 g/mol. The second-order valence-corrected chi connectivity index (χ2v) is 6.14. The number of rotatable bonds is 2. The first-order chi connectivity index (χ1) is 9.69. The maximum absolute atomic E-state index is 11.6. The smallest absolute Gasteiger partial charge is 0.493 e. The molecule has 1 aliphatic rings. The summed E-state index contributed by atoms with van der Waals surface area (Å²) in [6.07, 6.45) is -1.13. The molecule has 0 bridgehead atoms. The van der Waals surface area contributed by atoms with Gasteiger partial charge < -0.3 is 24.8 Å². The third kappa shape index (κ3) is 3.61. The van der Waals surface area contributed by atoms with Crippen molar-refractivity contribution in [2.24, 2.45) is 0 Å². The molecule has 114 valence electrons. The van der Waals surface area contributed by atoms with Gasteiger partial charge >= 0.3 is 13.2 Å². The number of aromatic hydroxyl groups is 1. The monoisotopic (exact) mass is 313 g/mol. The predicted octanol–water partition coefficient (Wildman–Crippen LogP) is 1.33. The lowest BCUT2D eigenvalue weighted by Gasteiger charge is -2.21. The second-order valence-electron chi connectivity index (χ2n) is 5.76. The molecule has 0 aliphatic carbocycles. The Bertz CT molecular complexity index is 560. The first-order valence-electron chi connectivity index (χ1n) is 6.50. The standard InChI is InChI=1S/C13H17BClNO5/c1-13(2,3)20-12(18)16-6-9-7-4-5-8(17)11(15)10(7)14(19)21-9/h4-5,9,17,19H,6H2,1-3H3,(H,16,18). The molecule has 0 saturated heterocycles. The third-order valence-corrected chi connectivity index (χ3v) is 3.31. The van der Waals surface area contributed by atoms with Crippen molar-refractivity contribution >= 4 is 30.3 Å². The molecule has 0 aromatic heterocycles. The summed E-state index contributed by atoms with van der Waals surface area (Å²) < 4.78 is 10.5. The Balaban J connectivity index is 2.06. The number of phenols is 1. The molecule has 1 atom stereocenters. The molecule has 21 heavy (non-hydrogen) atoms. The second kappa shape index (κ2) is 5.75. The van der Waals surface area contributed by atoms with Gasteiger partial charge in [0.25, 0.3) is 0 Å². The van der Waals surface area contributed by atoms with E-state index >= 15 is 0 Å². The zero-order valence-electron chi connectivity index (χ0n) is 12.0. The van der Waals surface area contributed by atoms with Gasteiger partial charge in [-0.1, -0.05) is 17.7 Å². The zero-order valence-corrected chi connectivity index (χ0v) is 12.8. The van der Waals surface area contributed by atoms with Crippen molar-refractivity contribution in [3.63, 3.8) is 0 Å². The summed E-state index contributed by atoms with van der Waals surface area (Å²) in [4.78, 5) is 11.6. The Kier molecular flexibility index (Phi) is 4.36. The van der Waals surface area contributed by atoms with E-state index in [1.807, 2.05) is 0 Å². The van der Waals surface area contributed by atoms with Gasteiger partial charge in [-0.3, -0.25) is 0 Å².